The number of methoxy groups -OCH3 is 1. The summed E-state index contributed by atoms with van der Waals surface area (Å²) >= 11 is 0. The first-order valence-corrected chi connectivity index (χ1v) is 6.69. The van der Waals surface area contributed by atoms with Crippen LogP contribution < -0.4 is 15.4 Å². The Morgan fingerprint density at radius 2 is 2.14 bits per heavy atom. The Balaban J connectivity index is 1.75. The van der Waals surface area contributed by atoms with Crippen molar-refractivity contribution >= 4 is 22.7 Å². The first kappa shape index (κ1) is 13.2. The van der Waals surface area contributed by atoms with Gasteiger partial charge in [0.1, 0.15) is 11.6 Å². The minimum Gasteiger partial charge on any atom is -0.497 e. The van der Waals surface area contributed by atoms with Crippen molar-refractivity contribution < 1.29 is 4.74 Å². The Labute approximate surface area is 122 Å². The van der Waals surface area contributed by atoms with Crippen LogP contribution in [0.4, 0.5) is 11.8 Å². The molecule has 6 nitrogen and oxygen atoms in total. The molecule has 0 aliphatic rings. The van der Waals surface area contributed by atoms with Gasteiger partial charge in [0.05, 0.1) is 13.7 Å². The lowest BCUT2D eigenvalue weighted by Crippen LogP contribution is -2.05. The molecular weight excluding hydrogens is 266 g/mol. The molecule has 0 aliphatic heterocycles. The lowest BCUT2D eigenvalue weighted by Gasteiger charge is -2.04. The van der Waals surface area contributed by atoms with Gasteiger partial charge in [-0.3, -0.25) is 0 Å². The Bertz CT molecular complexity index is 753. The summed E-state index contributed by atoms with van der Waals surface area (Å²) in [6.07, 6.45) is 1.72. The SMILES string of the molecule is CNc1ccnc(NCc2cc3cc(OC)ccc3[nH]2)n1. The predicted molar refractivity (Wildman–Crippen MR) is 83.8 cm³/mol. The van der Waals surface area contributed by atoms with Gasteiger partial charge in [-0.25, -0.2) is 4.98 Å². The summed E-state index contributed by atoms with van der Waals surface area (Å²) in [7, 11) is 3.50. The summed E-state index contributed by atoms with van der Waals surface area (Å²) in [6, 6.07) is 9.87. The number of hydrogen-bond donors (Lipinski definition) is 3. The summed E-state index contributed by atoms with van der Waals surface area (Å²) in [6.45, 7) is 0.629. The van der Waals surface area contributed by atoms with Crippen molar-refractivity contribution in [2.45, 2.75) is 6.54 Å². The van der Waals surface area contributed by atoms with E-state index in [4.69, 9.17) is 4.74 Å². The molecule has 3 rings (SSSR count). The number of aromatic amines is 1. The molecule has 0 spiro atoms. The van der Waals surface area contributed by atoms with Crippen molar-refractivity contribution in [3.05, 3.63) is 42.2 Å². The van der Waals surface area contributed by atoms with Gasteiger partial charge in [-0.1, -0.05) is 0 Å². The molecule has 0 atom stereocenters. The molecule has 0 bridgehead atoms. The molecule has 2 heterocycles. The van der Waals surface area contributed by atoms with E-state index in [1.54, 1.807) is 13.3 Å². The number of H-pyrrole nitrogens is 1. The van der Waals surface area contributed by atoms with Gasteiger partial charge in [0.25, 0.3) is 0 Å². The average Bonchev–Trinajstić information content (AvgIpc) is 2.95. The van der Waals surface area contributed by atoms with E-state index in [0.717, 1.165) is 28.2 Å². The molecule has 1 aromatic carbocycles. The number of aromatic nitrogens is 3. The monoisotopic (exact) mass is 283 g/mol. The number of rotatable bonds is 5. The molecule has 0 radical (unpaired) electrons. The highest BCUT2D eigenvalue weighted by atomic mass is 16.5. The fraction of sp³-hybridized carbons (Fsp3) is 0.200. The molecule has 6 heteroatoms. The van der Waals surface area contributed by atoms with Crippen LogP contribution in [0.15, 0.2) is 36.5 Å². The van der Waals surface area contributed by atoms with Crippen LogP contribution in [-0.4, -0.2) is 29.1 Å². The molecule has 3 N–H and O–H groups in total. The fourth-order valence-electron chi connectivity index (χ4n) is 2.15. The van der Waals surface area contributed by atoms with Gasteiger partial charge in [0, 0.05) is 29.8 Å². The summed E-state index contributed by atoms with van der Waals surface area (Å²) in [5.74, 6) is 2.23. The molecule has 0 amide bonds. The van der Waals surface area contributed by atoms with E-state index in [2.05, 4.69) is 31.7 Å². The number of ether oxygens (including phenoxy) is 1. The fourth-order valence-corrected chi connectivity index (χ4v) is 2.15. The van der Waals surface area contributed by atoms with Crippen LogP contribution >= 0.6 is 0 Å². The van der Waals surface area contributed by atoms with Gasteiger partial charge < -0.3 is 20.4 Å². The second kappa shape index (κ2) is 5.70. The Morgan fingerprint density at radius 1 is 1.24 bits per heavy atom. The van der Waals surface area contributed by atoms with Crippen LogP contribution in [0.2, 0.25) is 0 Å². The second-order valence-corrected chi connectivity index (χ2v) is 4.62. The molecule has 21 heavy (non-hydrogen) atoms. The van der Waals surface area contributed by atoms with E-state index in [1.165, 1.54) is 0 Å². The third-order valence-corrected chi connectivity index (χ3v) is 3.23. The van der Waals surface area contributed by atoms with E-state index >= 15 is 0 Å². The lowest BCUT2D eigenvalue weighted by atomic mass is 10.2. The van der Waals surface area contributed by atoms with Gasteiger partial charge in [-0.05, 0) is 30.3 Å². The van der Waals surface area contributed by atoms with Crippen molar-refractivity contribution in [3.8, 4) is 5.75 Å². The quantitative estimate of drug-likeness (QED) is 0.671. The smallest absolute Gasteiger partial charge is 0.224 e. The zero-order valence-electron chi connectivity index (χ0n) is 12.0. The maximum atomic E-state index is 5.23. The molecule has 0 saturated heterocycles. The molecule has 0 saturated carbocycles. The standard InChI is InChI=1S/C15H17N5O/c1-16-14-5-6-17-15(20-14)18-9-11-7-10-8-12(21-2)3-4-13(10)19-11/h3-8,19H,9H2,1-2H3,(H2,16,17,18,20). The van der Waals surface area contributed by atoms with E-state index in [9.17, 15) is 0 Å². The topological polar surface area (TPSA) is 74.9 Å². The summed E-state index contributed by atoms with van der Waals surface area (Å²) in [5, 5.41) is 7.31. The molecule has 0 unspecified atom stereocenters. The van der Waals surface area contributed by atoms with E-state index in [0.29, 0.717) is 12.5 Å². The molecule has 0 fully saturated rings. The normalized spacial score (nSPS) is 10.6. The van der Waals surface area contributed by atoms with Gasteiger partial charge >= 0.3 is 0 Å². The number of nitrogens with one attached hydrogen (secondary N) is 3. The average molecular weight is 283 g/mol. The van der Waals surface area contributed by atoms with Crippen LogP contribution in [0.25, 0.3) is 10.9 Å². The highest BCUT2D eigenvalue weighted by Gasteiger charge is 2.03. The first-order valence-electron chi connectivity index (χ1n) is 6.69. The molecule has 2 aromatic heterocycles. The van der Waals surface area contributed by atoms with Crippen molar-refractivity contribution in [1.82, 2.24) is 15.0 Å². The summed E-state index contributed by atoms with van der Waals surface area (Å²) < 4.78 is 5.23. The minimum absolute atomic E-state index is 0.595. The third-order valence-electron chi connectivity index (χ3n) is 3.23. The Morgan fingerprint density at radius 3 is 2.95 bits per heavy atom. The van der Waals surface area contributed by atoms with Gasteiger partial charge in [0.2, 0.25) is 5.95 Å². The van der Waals surface area contributed by atoms with E-state index in [1.807, 2.05) is 31.3 Å². The van der Waals surface area contributed by atoms with Gasteiger partial charge in [0.15, 0.2) is 0 Å². The van der Waals surface area contributed by atoms with Gasteiger partial charge in [-0.15, -0.1) is 0 Å². The maximum absolute atomic E-state index is 5.23. The van der Waals surface area contributed by atoms with Crippen LogP contribution in [0.5, 0.6) is 5.75 Å². The number of benzene rings is 1. The zero-order valence-corrected chi connectivity index (χ0v) is 12.0. The molecular formula is C15H17N5O. The van der Waals surface area contributed by atoms with Crippen molar-refractivity contribution in [3.63, 3.8) is 0 Å². The molecule has 3 aromatic rings. The number of fused-ring (bicyclic) bond motifs is 1. The van der Waals surface area contributed by atoms with Gasteiger partial charge in [-0.2, -0.15) is 4.98 Å². The van der Waals surface area contributed by atoms with E-state index < -0.39 is 0 Å². The second-order valence-electron chi connectivity index (χ2n) is 4.62. The van der Waals surface area contributed by atoms with Crippen LogP contribution in [0.1, 0.15) is 5.69 Å². The highest BCUT2D eigenvalue weighted by Crippen LogP contribution is 2.21. The largest absolute Gasteiger partial charge is 0.497 e. The minimum atomic E-state index is 0.595. The summed E-state index contributed by atoms with van der Waals surface area (Å²) in [5.41, 5.74) is 2.15. The van der Waals surface area contributed by atoms with Crippen LogP contribution in [0, 0.1) is 0 Å². The van der Waals surface area contributed by atoms with Crippen molar-refractivity contribution in [2.24, 2.45) is 0 Å². The van der Waals surface area contributed by atoms with Crippen molar-refractivity contribution in [2.75, 3.05) is 24.8 Å². The zero-order chi connectivity index (χ0) is 14.7. The highest BCUT2D eigenvalue weighted by molar-refractivity contribution is 5.82. The number of hydrogen-bond acceptors (Lipinski definition) is 5. The lowest BCUT2D eigenvalue weighted by molar-refractivity contribution is 0.415. The number of anilines is 2. The Hall–Kier alpha value is -2.76. The molecule has 0 aliphatic carbocycles. The maximum Gasteiger partial charge on any atom is 0.224 e. The van der Waals surface area contributed by atoms with E-state index in [-0.39, 0.29) is 0 Å². The molecule has 108 valence electrons. The third kappa shape index (κ3) is 2.89. The van der Waals surface area contributed by atoms with Crippen molar-refractivity contribution in [1.29, 1.82) is 0 Å². The predicted octanol–water partition coefficient (Wildman–Crippen LogP) is 2.62. The summed E-state index contributed by atoms with van der Waals surface area (Å²) in [4.78, 5) is 11.9. The Kier molecular flexibility index (Phi) is 3.59. The first-order chi connectivity index (χ1) is 10.3. The van der Waals surface area contributed by atoms with Crippen LogP contribution in [-0.2, 0) is 6.54 Å². The number of nitrogens with zero attached hydrogens (tertiary/aromatic N) is 2. The van der Waals surface area contributed by atoms with Crippen LogP contribution in [0.3, 0.4) is 0 Å².